The molecule has 1 amide bonds. The average molecular weight is 471 g/mol. The Morgan fingerprint density at radius 2 is 1.85 bits per heavy atom. The van der Waals surface area contributed by atoms with Gasteiger partial charge in [0, 0.05) is 38.4 Å². The van der Waals surface area contributed by atoms with Gasteiger partial charge in [-0.3, -0.25) is 4.79 Å². The third-order valence-electron chi connectivity index (χ3n) is 5.08. The van der Waals surface area contributed by atoms with Gasteiger partial charge in [0.2, 0.25) is 5.95 Å². The minimum atomic E-state index is -0.201. The topological polar surface area (TPSA) is 115 Å². The van der Waals surface area contributed by atoms with Crippen LogP contribution in [0.25, 0.3) is 0 Å². The zero-order chi connectivity index (χ0) is 25.5. The van der Waals surface area contributed by atoms with Crippen LogP contribution >= 0.6 is 0 Å². The van der Waals surface area contributed by atoms with Crippen LogP contribution in [0, 0.1) is 17.2 Å². The van der Waals surface area contributed by atoms with Crippen LogP contribution in [0.15, 0.2) is 23.4 Å². The summed E-state index contributed by atoms with van der Waals surface area (Å²) in [5, 5.41) is 12.4. The van der Waals surface area contributed by atoms with Gasteiger partial charge in [-0.25, -0.2) is 0 Å². The second-order valence-corrected chi connectivity index (χ2v) is 9.89. The molecule has 0 bridgehead atoms. The first-order valence-electron chi connectivity index (χ1n) is 11.4. The van der Waals surface area contributed by atoms with Gasteiger partial charge in [0.15, 0.2) is 17.3 Å². The third kappa shape index (κ3) is 7.65. The second-order valence-electron chi connectivity index (χ2n) is 9.89. The number of benzene rings is 1. The molecule has 186 valence electrons. The van der Waals surface area contributed by atoms with Crippen LogP contribution in [0.4, 0.5) is 29.0 Å². The number of carbonyl (C=O) groups is 1. The number of nitrogens with one attached hydrogen (secondary N) is 3. The van der Waals surface area contributed by atoms with Crippen LogP contribution in [0.3, 0.4) is 0 Å². The summed E-state index contributed by atoms with van der Waals surface area (Å²) >= 11 is 0. The highest BCUT2D eigenvalue weighted by Gasteiger charge is 2.23. The van der Waals surface area contributed by atoms with Gasteiger partial charge < -0.3 is 25.8 Å². The maximum Gasteiger partial charge on any atom is 0.251 e. The molecule has 0 saturated heterocycles. The summed E-state index contributed by atoms with van der Waals surface area (Å²) in [6, 6.07) is 5.32. The minimum Gasteiger partial charge on any atom is -0.357 e. The number of rotatable bonds is 11. The van der Waals surface area contributed by atoms with Crippen molar-refractivity contribution in [2.24, 2.45) is 10.6 Å². The first-order chi connectivity index (χ1) is 15.9. The maximum absolute atomic E-state index is 12.1. The largest absolute Gasteiger partial charge is 0.357 e. The predicted molar refractivity (Wildman–Crippen MR) is 140 cm³/mol. The lowest BCUT2D eigenvalue weighted by Gasteiger charge is -2.28. The number of anilines is 4. The average Bonchev–Trinajstić information content (AvgIpc) is 2.76. The molecule has 0 aliphatic heterocycles. The molecule has 0 spiro atoms. The van der Waals surface area contributed by atoms with Crippen LogP contribution in [-0.2, 0) is 0 Å². The highest BCUT2D eigenvalue weighted by molar-refractivity contribution is 5.95. The fourth-order valence-electron chi connectivity index (χ4n) is 3.51. The summed E-state index contributed by atoms with van der Waals surface area (Å²) in [6.07, 6.45) is 0.910. The molecule has 1 aromatic carbocycles. The first-order valence-corrected chi connectivity index (χ1v) is 11.4. The molecule has 2 aromatic rings. The van der Waals surface area contributed by atoms with Crippen molar-refractivity contribution >= 4 is 34.9 Å². The minimum absolute atomic E-state index is 0.0226. The molecule has 2 rings (SSSR count). The van der Waals surface area contributed by atoms with Gasteiger partial charge in [-0.05, 0) is 62.3 Å². The summed E-state index contributed by atoms with van der Waals surface area (Å²) in [7, 11) is 7.52. The molecule has 0 radical (unpaired) electrons. The molecular weight excluding hydrogens is 432 g/mol. The van der Waals surface area contributed by atoms with E-state index >= 15 is 0 Å². The molecule has 0 unspecified atom stereocenters. The maximum atomic E-state index is 12.1. The fourth-order valence-corrected chi connectivity index (χ4v) is 3.51. The van der Waals surface area contributed by atoms with E-state index in [1.807, 2.05) is 39.0 Å². The first kappa shape index (κ1) is 27.0. The van der Waals surface area contributed by atoms with Gasteiger partial charge in [0.05, 0.1) is 0 Å². The summed E-state index contributed by atoms with van der Waals surface area (Å²) in [6.45, 7) is 10.5. The van der Waals surface area contributed by atoms with Gasteiger partial charge in [0.25, 0.3) is 5.91 Å². The number of amides is 1. The number of nitroso groups, excluding NO2 is 1. The standard InChI is InChI=1S/C24H38N8O2/c1-16-10-11-17(22(33)25-5)14-18(16)27-20-19(30-34)21(32(8)15-24(2,3)4)29-23(28-20)26-12-9-13-31(6)7/h10-11,14H,9,12-13,15H2,1-8H3,(H,25,33)(H2,26,27,28,29). The summed E-state index contributed by atoms with van der Waals surface area (Å²) in [5.41, 5.74) is 2.15. The molecule has 0 atom stereocenters. The zero-order valence-electron chi connectivity index (χ0n) is 21.6. The fraction of sp³-hybridized carbons (Fsp3) is 0.542. The van der Waals surface area contributed by atoms with E-state index in [2.05, 4.69) is 56.8 Å². The zero-order valence-corrected chi connectivity index (χ0v) is 21.6. The van der Waals surface area contributed by atoms with Crippen LogP contribution in [0.1, 0.15) is 43.1 Å². The van der Waals surface area contributed by atoms with Crippen molar-refractivity contribution < 1.29 is 4.79 Å². The van der Waals surface area contributed by atoms with Crippen molar-refractivity contribution in [2.75, 3.05) is 63.4 Å². The Hall–Kier alpha value is -3.27. The molecule has 10 nitrogen and oxygen atoms in total. The van der Waals surface area contributed by atoms with Crippen molar-refractivity contribution in [1.82, 2.24) is 20.2 Å². The molecule has 10 heteroatoms. The van der Waals surface area contributed by atoms with Crippen molar-refractivity contribution in [3.05, 3.63) is 34.2 Å². The van der Waals surface area contributed by atoms with E-state index in [0.717, 1.165) is 18.5 Å². The predicted octanol–water partition coefficient (Wildman–Crippen LogP) is 4.13. The summed E-state index contributed by atoms with van der Waals surface area (Å²) in [4.78, 5) is 37.3. The molecule has 0 fully saturated rings. The van der Waals surface area contributed by atoms with E-state index in [1.54, 1.807) is 19.2 Å². The summed E-state index contributed by atoms with van der Waals surface area (Å²) in [5.74, 6) is 0.934. The van der Waals surface area contributed by atoms with Crippen LogP contribution in [-0.4, -0.2) is 68.6 Å². The monoisotopic (exact) mass is 470 g/mol. The lowest BCUT2D eigenvalue weighted by atomic mass is 9.96. The van der Waals surface area contributed by atoms with Crippen LogP contribution in [0.2, 0.25) is 0 Å². The second kappa shape index (κ2) is 11.7. The molecule has 0 aliphatic rings. The Balaban J connectivity index is 2.49. The Morgan fingerprint density at radius 3 is 2.44 bits per heavy atom. The van der Waals surface area contributed by atoms with Gasteiger partial charge in [-0.1, -0.05) is 26.8 Å². The lowest BCUT2D eigenvalue weighted by molar-refractivity contribution is 0.0963. The molecule has 34 heavy (non-hydrogen) atoms. The van der Waals surface area contributed by atoms with Gasteiger partial charge >= 0.3 is 0 Å². The number of hydrogen-bond donors (Lipinski definition) is 3. The highest BCUT2D eigenvalue weighted by Crippen LogP contribution is 2.37. The Bertz CT molecular complexity index is 1000. The van der Waals surface area contributed by atoms with Gasteiger partial charge in [-0.2, -0.15) is 9.97 Å². The number of carbonyl (C=O) groups excluding carboxylic acids is 1. The van der Waals surface area contributed by atoms with Crippen molar-refractivity contribution in [1.29, 1.82) is 0 Å². The molecule has 1 aromatic heterocycles. The van der Waals surface area contributed by atoms with Crippen molar-refractivity contribution in [3.63, 3.8) is 0 Å². The molecular formula is C24H38N8O2. The normalized spacial score (nSPS) is 11.3. The van der Waals surface area contributed by atoms with E-state index in [-0.39, 0.29) is 22.8 Å². The van der Waals surface area contributed by atoms with Gasteiger partial charge in [0.1, 0.15) is 0 Å². The summed E-state index contributed by atoms with van der Waals surface area (Å²) < 4.78 is 0. The van der Waals surface area contributed by atoms with Crippen LogP contribution in [0.5, 0.6) is 0 Å². The van der Waals surface area contributed by atoms with Gasteiger partial charge in [-0.15, -0.1) is 4.91 Å². The Morgan fingerprint density at radius 1 is 1.15 bits per heavy atom. The molecule has 3 N–H and O–H groups in total. The van der Waals surface area contributed by atoms with Crippen molar-refractivity contribution in [3.8, 4) is 0 Å². The Labute approximate surface area is 202 Å². The SMILES string of the molecule is CNC(=O)c1ccc(C)c(Nc2nc(NCCCN(C)C)nc(N(C)CC(C)(C)C)c2N=O)c1. The Kier molecular flexibility index (Phi) is 9.31. The van der Waals surface area contributed by atoms with E-state index in [9.17, 15) is 9.70 Å². The number of aromatic nitrogens is 2. The van der Waals surface area contributed by atoms with E-state index < -0.39 is 0 Å². The molecule has 0 saturated carbocycles. The van der Waals surface area contributed by atoms with E-state index in [0.29, 0.717) is 36.1 Å². The highest BCUT2D eigenvalue weighted by atomic mass is 16.3. The molecule has 0 aliphatic carbocycles. The number of hydrogen-bond acceptors (Lipinski definition) is 9. The van der Waals surface area contributed by atoms with E-state index in [1.165, 1.54) is 0 Å². The molecule has 1 heterocycles. The third-order valence-corrected chi connectivity index (χ3v) is 5.08. The van der Waals surface area contributed by atoms with E-state index in [4.69, 9.17) is 0 Å². The van der Waals surface area contributed by atoms with Crippen LogP contribution < -0.4 is 20.9 Å². The number of nitrogens with zero attached hydrogens (tertiary/aromatic N) is 5. The van der Waals surface area contributed by atoms with Crippen molar-refractivity contribution in [2.45, 2.75) is 34.1 Å². The smallest absolute Gasteiger partial charge is 0.251 e. The lowest BCUT2D eigenvalue weighted by Crippen LogP contribution is -2.30. The quantitative estimate of drug-likeness (QED) is 0.332. The number of aryl methyl sites for hydroxylation is 1.